The van der Waals surface area contributed by atoms with E-state index in [4.69, 9.17) is 10.7 Å². The summed E-state index contributed by atoms with van der Waals surface area (Å²) >= 11 is 0. The van der Waals surface area contributed by atoms with Crippen LogP contribution in [0.4, 0.5) is 10.1 Å². The van der Waals surface area contributed by atoms with E-state index in [0.717, 1.165) is 36.3 Å². The summed E-state index contributed by atoms with van der Waals surface area (Å²) in [6, 6.07) is 15.0. The Labute approximate surface area is 189 Å². The van der Waals surface area contributed by atoms with Crippen molar-refractivity contribution in [3.63, 3.8) is 0 Å². The van der Waals surface area contributed by atoms with Gasteiger partial charge in [-0.25, -0.2) is 9.38 Å². The fraction of sp³-hybridized carbons (Fsp3) is 0.462. The van der Waals surface area contributed by atoms with Gasteiger partial charge in [0.25, 0.3) is 0 Å². The van der Waals surface area contributed by atoms with Gasteiger partial charge in [-0.2, -0.15) is 0 Å². The van der Waals surface area contributed by atoms with E-state index in [2.05, 4.69) is 30.9 Å². The zero-order valence-electron chi connectivity index (χ0n) is 19.2. The van der Waals surface area contributed by atoms with E-state index in [9.17, 15) is 9.18 Å². The number of carbonyl (C=O) groups excluding carboxylic acids is 1. The first-order chi connectivity index (χ1) is 15.1. The van der Waals surface area contributed by atoms with Crippen molar-refractivity contribution in [3.8, 4) is 0 Å². The maximum atomic E-state index is 13.7. The van der Waals surface area contributed by atoms with Crippen LogP contribution in [0.2, 0.25) is 0 Å². The van der Waals surface area contributed by atoms with Crippen LogP contribution in [0.15, 0.2) is 53.5 Å². The quantitative estimate of drug-likeness (QED) is 0.773. The predicted molar refractivity (Wildman–Crippen MR) is 125 cm³/mol. The first kappa shape index (κ1) is 21.0. The molecule has 1 aliphatic carbocycles. The molecule has 1 amide bonds. The van der Waals surface area contributed by atoms with Crippen LogP contribution >= 0.6 is 0 Å². The first-order valence-corrected chi connectivity index (χ1v) is 11.4. The number of nitrogens with zero attached hydrogens (tertiary/aromatic N) is 3. The van der Waals surface area contributed by atoms with Crippen LogP contribution in [-0.4, -0.2) is 35.4 Å². The molecule has 0 radical (unpaired) electrons. The fourth-order valence-electron chi connectivity index (χ4n) is 5.81. The number of carbonyl (C=O) groups is 1. The molecule has 0 bridgehead atoms. The molecule has 2 aromatic carbocycles. The summed E-state index contributed by atoms with van der Waals surface area (Å²) in [7, 11) is 0. The van der Waals surface area contributed by atoms with E-state index in [-0.39, 0.29) is 29.1 Å². The van der Waals surface area contributed by atoms with Gasteiger partial charge in [-0.1, -0.05) is 38.1 Å². The molecule has 4 unspecified atom stereocenters. The summed E-state index contributed by atoms with van der Waals surface area (Å²) < 4.78 is 13.7. The third kappa shape index (κ3) is 3.03. The summed E-state index contributed by atoms with van der Waals surface area (Å²) in [6.45, 7) is 9.97. The maximum Gasteiger partial charge on any atom is 0.236 e. The number of guanidine groups is 1. The van der Waals surface area contributed by atoms with Crippen molar-refractivity contribution < 1.29 is 9.18 Å². The van der Waals surface area contributed by atoms with E-state index in [0.29, 0.717) is 11.9 Å². The molecular weight excluding hydrogens is 403 g/mol. The largest absolute Gasteiger partial charge is 0.371 e. The van der Waals surface area contributed by atoms with E-state index in [1.54, 1.807) is 17.0 Å². The smallest absolute Gasteiger partial charge is 0.236 e. The van der Waals surface area contributed by atoms with Crippen molar-refractivity contribution in [2.75, 3.05) is 18.0 Å². The molecule has 0 aromatic heterocycles. The number of rotatable bonds is 4. The Balaban J connectivity index is 1.36. The highest BCUT2D eigenvalue weighted by molar-refractivity contribution is 6.03. The van der Waals surface area contributed by atoms with E-state index < -0.39 is 5.54 Å². The summed E-state index contributed by atoms with van der Waals surface area (Å²) in [6.07, 6.45) is 0.989. The Morgan fingerprint density at radius 3 is 2.66 bits per heavy atom. The number of benzene rings is 2. The number of hydrogen-bond acceptors (Lipinski definition) is 4. The number of fused-ring (bicyclic) bond motifs is 1. The van der Waals surface area contributed by atoms with E-state index in [1.807, 2.05) is 32.0 Å². The van der Waals surface area contributed by atoms with Crippen LogP contribution in [-0.2, 0) is 4.79 Å². The highest BCUT2D eigenvalue weighted by Crippen LogP contribution is 2.66. The normalized spacial score (nSPS) is 29.5. The molecule has 2 N–H and O–H groups in total. The minimum absolute atomic E-state index is 0.0650. The van der Waals surface area contributed by atoms with Crippen molar-refractivity contribution in [1.29, 1.82) is 0 Å². The lowest BCUT2D eigenvalue weighted by Gasteiger charge is -2.33. The Morgan fingerprint density at radius 2 is 1.91 bits per heavy atom. The molecule has 4 atom stereocenters. The summed E-state index contributed by atoms with van der Waals surface area (Å²) in [5.74, 6) is 0.378. The Morgan fingerprint density at radius 1 is 1.16 bits per heavy atom. The van der Waals surface area contributed by atoms with Crippen LogP contribution in [0.5, 0.6) is 0 Å². The molecule has 0 spiro atoms. The topological polar surface area (TPSA) is 61.9 Å². The second-order valence-electron chi connectivity index (χ2n) is 10.2. The zero-order chi connectivity index (χ0) is 22.8. The van der Waals surface area contributed by atoms with Crippen molar-refractivity contribution in [2.45, 2.75) is 51.6 Å². The minimum Gasteiger partial charge on any atom is -0.371 e. The maximum absolute atomic E-state index is 13.7. The van der Waals surface area contributed by atoms with E-state index >= 15 is 0 Å². The molecule has 2 fully saturated rings. The molecule has 5 rings (SSSR count). The standard InChI is InChI=1S/C26H31FN4O/c1-16(31-23(32)22-25(2,3)26(22,4)29-24(31)28)17-7-6-10-21(14-17)30-12-11-19(15-30)18-8-5-9-20(27)13-18/h5-10,13-14,16,19,22H,11-12,15H2,1-4H3,(H2,28,29). The van der Waals surface area contributed by atoms with Gasteiger partial charge < -0.3 is 10.6 Å². The van der Waals surface area contributed by atoms with Crippen LogP contribution < -0.4 is 10.6 Å². The minimum atomic E-state index is -0.395. The number of nitrogens with two attached hydrogens (primary N) is 1. The Bertz CT molecular complexity index is 1110. The second-order valence-corrected chi connectivity index (χ2v) is 10.2. The van der Waals surface area contributed by atoms with Crippen LogP contribution in [0, 0.1) is 17.2 Å². The molecule has 5 nitrogen and oxygen atoms in total. The lowest BCUT2D eigenvalue weighted by molar-refractivity contribution is -0.131. The van der Waals surface area contributed by atoms with Gasteiger partial charge in [0.15, 0.2) is 5.96 Å². The van der Waals surface area contributed by atoms with Gasteiger partial charge in [0.05, 0.1) is 17.5 Å². The zero-order valence-corrected chi connectivity index (χ0v) is 19.2. The van der Waals surface area contributed by atoms with Crippen molar-refractivity contribution in [1.82, 2.24) is 4.90 Å². The van der Waals surface area contributed by atoms with Crippen molar-refractivity contribution >= 4 is 17.6 Å². The molecule has 2 aromatic rings. The van der Waals surface area contributed by atoms with Crippen LogP contribution in [0.1, 0.15) is 57.2 Å². The van der Waals surface area contributed by atoms with Gasteiger partial charge in [0, 0.05) is 30.1 Å². The monoisotopic (exact) mass is 434 g/mol. The number of halogens is 1. The Kier molecular flexibility index (Phi) is 4.63. The molecule has 32 heavy (non-hydrogen) atoms. The average Bonchev–Trinajstić information content (AvgIpc) is 3.08. The fourth-order valence-corrected chi connectivity index (χ4v) is 5.81. The number of aliphatic imine (C=N–C) groups is 1. The molecule has 6 heteroatoms. The summed E-state index contributed by atoms with van der Waals surface area (Å²) in [4.78, 5) is 22.0. The van der Waals surface area contributed by atoms with Gasteiger partial charge in [-0.3, -0.25) is 9.69 Å². The highest BCUT2D eigenvalue weighted by atomic mass is 19.1. The molecule has 3 aliphatic rings. The molecule has 1 saturated heterocycles. The molecule has 1 saturated carbocycles. The number of hydrogen-bond donors (Lipinski definition) is 1. The van der Waals surface area contributed by atoms with Gasteiger partial charge in [-0.15, -0.1) is 0 Å². The average molecular weight is 435 g/mol. The second kappa shape index (κ2) is 7.06. The highest BCUT2D eigenvalue weighted by Gasteiger charge is 2.75. The number of anilines is 1. The Hall–Kier alpha value is -2.89. The van der Waals surface area contributed by atoms with Crippen molar-refractivity contribution in [3.05, 3.63) is 65.5 Å². The lowest BCUT2D eigenvalue weighted by atomic mass is 9.98. The van der Waals surface area contributed by atoms with Crippen molar-refractivity contribution in [2.24, 2.45) is 22.1 Å². The van der Waals surface area contributed by atoms with Gasteiger partial charge in [0.2, 0.25) is 5.91 Å². The predicted octanol–water partition coefficient (Wildman–Crippen LogP) is 4.45. The van der Waals surface area contributed by atoms with Gasteiger partial charge in [-0.05, 0) is 55.7 Å². The lowest BCUT2D eigenvalue weighted by Crippen LogP contribution is -2.48. The third-order valence-corrected chi connectivity index (χ3v) is 8.20. The van der Waals surface area contributed by atoms with Crippen LogP contribution in [0.3, 0.4) is 0 Å². The summed E-state index contributed by atoms with van der Waals surface area (Å²) in [5.41, 5.74) is 8.93. The molecule has 168 valence electrons. The SMILES string of the molecule is CC(c1cccc(N2CCC(c3cccc(F)c3)C2)c1)N1C(=O)C2C(C)(C)C2(C)N=C1N. The first-order valence-electron chi connectivity index (χ1n) is 11.4. The molecular formula is C26H31FN4O. The third-order valence-electron chi connectivity index (χ3n) is 8.20. The summed E-state index contributed by atoms with van der Waals surface area (Å²) in [5, 5.41) is 0. The molecule has 2 aliphatic heterocycles. The molecule has 2 heterocycles. The number of amides is 1. The van der Waals surface area contributed by atoms with E-state index in [1.165, 1.54) is 6.07 Å². The van der Waals surface area contributed by atoms with Gasteiger partial charge in [0.1, 0.15) is 5.82 Å². The van der Waals surface area contributed by atoms with Crippen LogP contribution in [0.25, 0.3) is 0 Å². The van der Waals surface area contributed by atoms with Gasteiger partial charge >= 0.3 is 0 Å².